The van der Waals surface area contributed by atoms with Crippen LogP contribution in [-0.2, 0) is 21.4 Å². The number of piperidine rings is 1. The zero-order valence-corrected chi connectivity index (χ0v) is 15.2. The summed E-state index contributed by atoms with van der Waals surface area (Å²) in [6.45, 7) is 9.39. The molecule has 2 rings (SSSR count). The van der Waals surface area contributed by atoms with Crippen LogP contribution in [0.4, 0.5) is 0 Å². The number of hydrogen-bond donors (Lipinski definition) is 0. The molecule has 0 aliphatic carbocycles. The van der Waals surface area contributed by atoms with Gasteiger partial charge in [-0.15, -0.1) is 0 Å². The van der Waals surface area contributed by atoms with Gasteiger partial charge in [0, 0.05) is 37.5 Å². The van der Waals surface area contributed by atoms with Crippen LogP contribution in [0, 0.1) is 25.7 Å². The van der Waals surface area contributed by atoms with Gasteiger partial charge in [-0.2, -0.15) is 5.10 Å². The monoisotopic (exact) mass is 333 g/mol. The number of carbonyl (C=O) groups excluding carboxylic acids is 2. The van der Waals surface area contributed by atoms with E-state index >= 15 is 0 Å². The number of hydrogen-bond acceptors (Lipinski definition) is 4. The van der Waals surface area contributed by atoms with Crippen LogP contribution in [0.2, 0.25) is 0 Å². The summed E-state index contributed by atoms with van der Waals surface area (Å²) in [7, 11) is 1.86. The highest BCUT2D eigenvalue weighted by atomic mass is 16.5. The van der Waals surface area contributed by atoms with Crippen LogP contribution in [-0.4, -0.2) is 46.3 Å². The first kappa shape index (κ1) is 18.2. The Bertz CT molecular complexity index is 638. The maximum atomic E-state index is 12.2. The summed E-state index contributed by atoms with van der Waals surface area (Å²) in [6, 6.07) is 0. The van der Waals surface area contributed by atoms with Gasteiger partial charge in [-0.1, -0.05) is 13.8 Å². The van der Waals surface area contributed by atoms with E-state index in [4.69, 9.17) is 4.74 Å². The zero-order chi connectivity index (χ0) is 17.9. The molecule has 1 saturated heterocycles. The number of likely N-dealkylation sites (tertiary alicyclic amines) is 1. The van der Waals surface area contributed by atoms with Crippen molar-refractivity contribution < 1.29 is 14.3 Å². The van der Waals surface area contributed by atoms with Gasteiger partial charge in [0.05, 0.1) is 5.69 Å². The number of amides is 1. The van der Waals surface area contributed by atoms with Crippen molar-refractivity contribution in [2.75, 3.05) is 19.7 Å². The average molecular weight is 333 g/mol. The van der Waals surface area contributed by atoms with Crippen LogP contribution in [0.5, 0.6) is 0 Å². The molecule has 0 aromatic carbocycles. The highest BCUT2D eigenvalue weighted by molar-refractivity contribution is 5.89. The minimum atomic E-state index is -0.510. The second-order valence-corrected chi connectivity index (χ2v) is 6.89. The highest BCUT2D eigenvalue weighted by Gasteiger charge is 2.25. The molecular weight excluding hydrogens is 306 g/mol. The van der Waals surface area contributed by atoms with Crippen molar-refractivity contribution in [3.63, 3.8) is 0 Å². The summed E-state index contributed by atoms with van der Waals surface area (Å²) in [5.74, 6) is 0.350. The van der Waals surface area contributed by atoms with E-state index in [-0.39, 0.29) is 12.5 Å². The predicted octanol–water partition coefficient (Wildman–Crippen LogP) is 2.10. The molecule has 24 heavy (non-hydrogen) atoms. The SMILES string of the molecule is Cc1nn(C)c(C)c1/C=C/C(=O)OCC(=O)N1C[C@H](C)C[C@@H](C)C1. The molecule has 1 aromatic heterocycles. The van der Waals surface area contributed by atoms with Gasteiger partial charge in [0.25, 0.3) is 5.91 Å². The van der Waals surface area contributed by atoms with Gasteiger partial charge in [0.1, 0.15) is 0 Å². The lowest BCUT2D eigenvalue weighted by Gasteiger charge is -2.34. The third-order valence-corrected chi connectivity index (χ3v) is 4.51. The van der Waals surface area contributed by atoms with E-state index < -0.39 is 5.97 Å². The average Bonchev–Trinajstić information content (AvgIpc) is 2.74. The number of aryl methyl sites for hydroxylation is 2. The standard InChI is InChI=1S/C18H27N3O3/c1-12-8-13(2)10-21(9-12)17(22)11-24-18(23)7-6-16-14(3)19-20(5)15(16)4/h6-7,12-13H,8-11H2,1-5H3/b7-6+/t12-,13-/m1/s1. The van der Waals surface area contributed by atoms with Crippen LogP contribution in [0.15, 0.2) is 6.08 Å². The molecule has 0 radical (unpaired) electrons. The van der Waals surface area contributed by atoms with Crippen molar-refractivity contribution >= 4 is 18.0 Å². The molecule has 1 aliphatic rings. The first-order chi connectivity index (χ1) is 11.3. The Hall–Kier alpha value is -2.11. The summed E-state index contributed by atoms with van der Waals surface area (Å²) in [5, 5.41) is 4.29. The first-order valence-corrected chi connectivity index (χ1v) is 8.40. The van der Waals surface area contributed by atoms with E-state index in [9.17, 15) is 9.59 Å². The molecule has 1 fully saturated rings. The summed E-state index contributed by atoms with van der Waals surface area (Å²) in [5.41, 5.74) is 2.73. The largest absolute Gasteiger partial charge is 0.452 e. The lowest BCUT2D eigenvalue weighted by Crippen LogP contribution is -2.44. The summed E-state index contributed by atoms with van der Waals surface area (Å²) in [4.78, 5) is 25.8. The lowest BCUT2D eigenvalue weighted by atomic mass is 9.92. The van der Waals surface area contributed by atoms with Gasteiger partial charge in [0.2, 0.25) is 0 Å². The predicted molar refractivity (Wildman–Crippen MR) is 92.2 cm³/mol. The molecule has 0 bridgehead atoms. The smallest absolute Gasteiger partial charge is 0.331 e. The molecule has 132 valence electrons. The second kappa shape index (κ2) is 7.64. The molecule has 1 aromatic rings. The quantitative estimate of drug-likeness (QED) is 0.625. The molecule has 6 heteroatoms. The van der Waals surface area contributed by atoms with Crippen molar-refractivity contribution in [2.45, 2.75) is 34.1 Å². The normalized spacial score (nSPS) is 21.3. The molecule has 0 N–H and O–H groups in total. The third-order valence-electron chi connectivity index (χ3n) is 4.51. The Kier molecular flexibility index (Phi) is 5.80. The molecule has 1 aliphatic heterocycles. The van der Waals surface area contributed by atoms with Crippen LogP contribution < -0.4 is 0 Å². The molecule has 0 saturated carbocycles. The Labute approximate surface area is 143 Å². The van der Waals surface area contributed by atoms with E-state index in [1.807, 2.05) is 20.9 Å². The molecule has 1 amide bonds. The third kappa shape index (κ3) is 4.46. The van der Waals surface area contributed by atoms with E-state index in [0.717, 1.165) is 36.5 Å². The molecule has 2 heterocycles. The summed E-state index contributed by atoms with van der Waals surface area (Å²) >= 11 is 0. The summed E-state index contributed by atoms with van der Waals surface area (Å²) in [6.07, 6.45) is 4.18. The fourth-order valence-corrected chi connectivity index (χ4v) is 3.32. The molecule has 6 nitrogen and oxygen atoms in total. The highest BCUT2D eigenvalue weighted by Crippen LogP contribution is 2.21. The van der Waals surface area contributed by atoms with Gasteiger partial charge in [-0.3, -0.25) is 9.48 Å². The minimum absolute atomic E-state index is 0.121. The Morgan fingerprint density at radius 2 is 1.88 bits per heavy atom. The van der Waals surface area contributed by atoms with Crippen LogP contribution in [0.3, 0.4) is 0 Å². The van der Waals surface area contributed by atoms with Gasteiger partial charge in [-0.05, 0) is 38.2 Å². The lowest BCUT2D eigenvalue weighted by molar-refractivity contribution is -0.149. The Balaban J connectivity index is 1.86. The van der Waals surface area contributed by atoms with E-state index in [1.54, 1.807) is 15.7 Å². The van der Waals surface area contributed by atoms with Crippen molar-refractivity contribution in [1.29, 1.82) is 0 Å². The molecule has 2 atom stereocenters. The van der Waals surface area contributed by atoms with E-state index in [0.29, 0.717) is 11.8 Å². The van der Waals surface area contributed by atoms with Gasteiger partial charge in [-0.25, -0.2) is 4.79 Å². The van der Waals surface area contributed by atoms with Gasteiger partial charge in [0.15, 0.2) is 6.61 Å². The van der Waals surface area contributed by atoms with Crippen LogP contribution in [0.1, 0.15) is 37.2 Å². The first-order valence-electron chi connectivity index (χ1n) is 8.40. The number of nitrogens with zero attached hydrogens (tertiary/aromatic N) is 3. The van der Waals surface area contributed by atoms with Crippen molar-refractivity contribution in [2.24, 2.45) is 18.9 Å². The maximum absolute atomic E-state index is 12.2. The fraction of sp³-hybridized carbons (Fsp3) is 0.611. The number of carbonyl (C=O) groups is 2. The van der Waals surface area contributed by atoms with Crippen molar-refractivity contribution in [3.05, 3.63) is 23.0 Å². The molecule has 0 spiro atoms. The molecule has 0 unspecified atom stereocenters. The second-order valence-electron chi connectivity index (χ2n) is 6.89. The van der Waals surface area contributed by atoms with Gasteiger partial charge >= 0.3 is 5.97 Å². The van der Waals surface area contributed by atoms with Gasteiger partial charge < -0.3 is 9.64 Å². The Morgan fingerprint density at radius 3 is 2.42 bits per heavy atom. The van der Waals surface area contributed by atoms with Crippen LogP contribution >= 0.6 is 0 Å². The minimum Gasteiger partial charge on any atom is -0.452 e. The maximum Gasteiger partial charge on any atom is 0.331 e. The van der Waals surface area contributed by atoms with Crippen LogP contribution in [0.25, 0.3) is 6.08 Å². The molecular formula is C18H27N3O3. The fourth-order valence-electron chi connectivity index (χ4n) is 3.32. The number of rotatable bonds is 4. The van der Waals surface area contributed by atoms with Crippen molar-refractivity contribution in [3.8, 4) is 0 Å². The van der Waals surface area contributed by atoms with E-state index in [1.165, 1.54) is 6.08 Å². The summed E-state index contributed by atoms with van der Waals surface area (Å²) < 4.78 is 6.86. The Morgan fingerprint density at radius 1 is 1.25 bits per heavy atom. The number of esters is 1. The zero-order valence-electron chi connectivity index (χ0n) is 15.2. The number of aromatic nitrogens is 2. The van der Waals surface area contributed by atoms with Crippen molar-refractivity contribution in [1.82, 2.24) is 14.7 Å². The topological polar surface area (TPSA) is 64.4 Å². The van der Waals surface area contributed by atoms with E-state index in [2.05, 4.69) is 18.9 Å². The number of ether oxygens (including phenoxy) is 1.